The van der Waals surface area contributed by atoms with Crippen molar-refractivity contribution in [3.05, 3.63) is 12.2 Å². The molecule has 0 aromatic heterocycles. The van der Waals surface area contributed by atoms with E-state index in [4.69, 9.17) is 15.3 Å². The van der Waals surface area contributed by atoms with Crippen LogP contribution < -0.4 is 11.2 Å². The van der Waals surface area contributed by atoms with E-state index in [1.165, 1.54) is 0 Å². The van der Waals surface area contributed by atoms with Crippen LogP contribution in [0, 0.1) is 10.8 Å². The molecule has 3 unspecified atom stereocenters. The van der Waals surface area contributed by atoms with Gasteiger partial charge in [0.1, 0.15) is 12.7 Å². The first-order valence-corrected chi connectivity index (χ1v) is 8.54. The van der Waals surface area contributed by atoms with Crippen LogP contribution in [0.3, 0.4) is 0 Å². The van der Waals surface area contributed by atoms with Crippen LogP contribution >= 0.6 is 0 Å². The smallest absolute Gasteiger partial charge is 0.333 e. The van der Waals surface area contributed by atoms with Crippen LogP contribution in [0.5, 0.6) is 0 Å². The summed E-state index contributed by atoms with van der Waals surface area (Å²) in [6.07, 6.45) is 3.78. The number of ether oxygens (including phenoxy) is 1. The molecule has 3 atom stereocenters. The lowest BCUT2D eigenvalue weighted by Gasteiger charge is -2.45. The minimum absolute atomic E-state index is 0.119. The number of carbonyl (C=O) groups excluding carboxylic acids is 1. The van der Waals surface area contributed by atoms with E-state index in [2.05, 4.69) is 32.8 Å². The van der Waals surface area contributed by atoms with Gasteiger partial charge in [-0.1, -0.05) is 34.3 Å². The number of hydrogen-bond acceptors (Lipinski definition) is 5. The van der Waals surface area contributed by atoms with Crippen molar-refractivity contribution >= 4 is 5.97 Å². The van der Waals surface area contributed by atoms with Crippen LogP contribution in [0.15, 0.2) is 12.2 Å². The molecule has 0 saturated heterocycles. The normalized spacial score (nSPS) is 28.2. The molecule has 3 N–H and O–H groups in total. The zero-order valence-corrected chi connectivity index (χ0v) is 15.4. The predicted octanol–water partition coefficient (Wildman–Crippen LogP) is 2.95. The minimum Gasteiger partial charge on any atom is -0.460 e. The second kappa shape index (κ2) is 8.27. The molecule has 0 heterocycles. The van der Waals surface area contributed by atoms with Gasteiger partial charge in [-0.05, 0) is 43.4 Å². The molecule has 0 aliphatic heterocycles. The second-order valence-corrected chi connectivity index (χ2v) is 8.17. The molecular weight excluding hydrogens is 292 g/mol. The maximum absolute atomic E-state index is 11.4. The summed E-state index contributed by atoms with van der Waals surface area (Å²) in [4.78, 5) is 17.1. The highest BCUT2D eigenvalue weighted by molar-refractivity contribution is 5.86. The Morgan fingerprint density at radius 1 is 1.39 bits per heavy atom. The number of rotatable bonds is 8. The molecule has 0 bridgehead atoms. The molecule has 0 radical (unpaired) electrons. The van der Waals surface area contributed by atoms with Crippen molar-refractivity contribution in [1.82, 2.24) is 5.48 Å². The van der Waals surface area contributed by atoms with Gasteiger partial charge in [0.2, 0.25) is 0 Å². The topological polar surface area (TPSA) is 73.6 Å². The maximum Gasteiger partial charge on any atom is 0.333 e. The fraction of sp³-hybridized carbons (Fsp3) is 0.833. The van der Waals surface area contributed by atoms with Crippen molar-refractivity contribution in [1.29, 1.82) is 0 Å². The van der Waals surface area contributed by atoms with Crippen molar-refractivity contribution in [2.45, 2.75) is 72.4 Å². The Hall–Kier alpha value is -0.910. The standard InChI is InChI=1S/C18H34N2O3/c1-7-15(10-22-16(21)13(2)3)23-20-12-18(6)9-14(19)8-17(4,5)11-18/h14-15,20H,2,7-12,19H2,1,3-6H3. The van der Waals surface area contributed by atoms with E-state index in [0.29, 0.717) is 5.57 Å². The quantitative estimate of drug-likeness (QED) is 0.407. The van der Waals surface area contributed by atoms with Crippen LogP contribution in [0.2, 0.25) is 0 Å². The van der Waals surface area contributed by atoms with Gasteiger partial charge in [0.15, 0.2) is 0 Å². The highest BCUT2D eigenvalue weighted by Crippen LogP contribution is 2.45. The largest absolute Gasteiger partial charge is 0.460 e. The zero-order valence-electron chi connectivity index (χ0n) is 15.4. The van der Waals surface area contributed by atoms with E-state index in [9.17, 15) is 4.79 Å². The fourth-order valence-corrected chi connectivity index (χ4v) is 3.71. The van der Waals surface area contributed by atoms with E-state index >= 15 is 0 Å². The summed E-state index contributed by atoms with van der Waals surface area (Å²) in [5, 5.41) is 0. The van der Waals surface area contributed by atoms with Crippen LogP contribution in [-0.2, 0) is 14.4 Å². The molecule has 1 fully saturated rings. The van der Waals surface area contributed by atoms with Gasteiger partial charge >= 0.3 is 5.97 Å². The van der Waals surface area contributed by atoms with Crippen molar-refractivity contribution in [3.8, 4) is 0 Å². The van der Waals surface area contributed by atoms with Crippen molar-refractivity contribution in [3.63, 3.8) is 0 Å². The van der Waals surface area contributed by atoms with E-state index in [1.54, 1.807) is 6.92 Å². The molecule has 134 valence electrons. The van der Waals surface area contributed by atoms with Crippen molar-refractivity contribution in [2.24, 2.45) is 16.6 Å². The third kappa shape index (κ3) is 7.02. The Balaban J connectivity index is 2.41. The van der Waals surface area contributed by atoms with E-state index in [0.717, 1.165) is 32.2 Å². The summed E-state index contributed by atoms with van der Waals surface area (Å²) in [6, 6.07) is 0.240. The lowest BCUT2D eigenvalue weighted by atomic mass is 9.63. The van der Waals surface area contributed by atoms with Gasteiger partial charge in [0.05, 0.1) is 0 Å². The first-order valence-electron chi connectivity index (χ1n) is 8.54. The summed E-state index contributed by atoms with van der Waals surface area (Å²) in [6.45, 7) is 15.0. The summed E-state index contributed by atoms with van der Waals surface area (Å²) < 4.78 is 5.15. The molecular formula is C18H34N2O3. The van der Waals surface area contributed by atoms with Gasteiger partial charge < -0.3 is 10.5 Å². The third-order valence-electron chi connectivity index (χ3n) is 4.43. The summed E-state index contributed by atoms with van der Waals surface area (Å²) in [5.41, 5.74) is 10.1. The van der Waals surface area contributed by atoms with Crippen LogP contribution in [0.4, 0.5) is 0 Å². The molecule has 0 aromatic rings. The fourth-order valence-electron chi connectivity index (χ4n) is 3.71. The number of nitrogens with two attached hydrogens (primary N) is 1. The summed E-state index contributed by atoms with van der Waals surface area (Å²) >= 11 is 0. The van der Waals surface area contributed by atoms with Crippen LogP contribution in [0.25, 0.3) is 0 Å². The van der Waals surface area contributed by atoms with Gasteiger partial charge in [-0.3, -0.25) is 4.84 Å². The molecule has 0 aromatic carbocycles. The predicted molar refractivity (Wildman–Crippen MR) is 92.7 cm³/mol. The average Bonchev–Trinajstić information content (AvgIpc) is 2.38. The molecule has 23 heavy (non-hydrogen) atoms. The lowest BCUT2D eigenvalue weighted by Crippen LogP contribution is -2.47. The third-order valence-corrected chi connectivity index (χ3v) is 4.43. The number of nitrogens with one attached hydrogen (secondary N) is 1. The number of hydroxylamine groups is 1. The SMILES string of the molecule is C=C(C)C(=O)OCC(CC)ONCC1(C)CC(N)CC(C)(C)C1. The average molecular weight is 326 g/mol. The van der Waals surface area contributed by atoms with E-state index in [-0.39, 0.29) is 35.6 Å². The molecule has 1 aliphatic rings. The molecule has 1 aliphatic carbocycles. The Labute approximate surface area is 140 Å². The van der Waals surface area contributed by atoms with Crippen molar-refractivity contribution < 1.29 is 14.4 Å². The van der Waals surface area contributed by atoms with Crippen LogP contribution in [-0.4, -0.2) is 31.3 Å². The highest BCUT2D eigenvalue weighted by atomic mass is 16.7. The van der Waals surface area contributed by atoms with E-state index < -0.39 is 0 Å². The molecule has 0 spiro atoms. The Bertz CT molecular complexity index is 422. The Morgan fingerprint density at radius 2 is 2.04 bits per heavy atom. The van der Waals surface area contributed by atoms with Gasteiger partial charge in [-0.15, -0.1) is 0 Å². The second-order valence-electron chi connectivity index (χ2n) is 8.17. The highest BCUT2D eigenvalue weighted by Gasteiger charge is 2.39. The Kier molecular flexibility index (Phi) is 7.24. The minimum atomic E-state index is -0.376. The molecule has 5 heteroatoms. The lowest BCUT2D eigenvalue weighted by molar-refractivity contribution is -0.147. The molecule has 1 saturated carbocycles. The first-order chi connectivity index (χ1) is 10.6. The molecule has 5 nitrogen and oxygen atoms in total. The number of hydrogen-bond donors (Lipinski definition) is 2. The number of esters is 1. The molecule has 0 amide bonds. The zero-order chi connectivity index (χ0) is 17.7. The number of carbonyl (C=O) groups is 1. The van der Waals surface area contributed by atoms with Crippen molar-refractivity contribution in [2.75, 3.05) is 13.2 Å². The maximum atomic E-state index is 11.4. The van der Waals surface area contributed by atoms with Gasteiger partial charge in [0.25, 0.3) is 0 Å². The van der Waals surface area contributed by atoms with E-state index in [1.807, 2.05) is 6.92 Å². The monoisotopic (exact) mass is 326 g/mol. The van der Waals surface area contributed by atoms with Gasteiger partial charge in [-0.2, -0.15) is 0 Å². The summed E-state index contributed by atoms with van der Waals surface area (Å²) in [5.74, 6) is -0.376. The first kappa shape index (κ1) is 20.1. The van der Waals surface area contributed by atoms with Gasteiger partial charge in [-0.25, -0.2) is 10.3 Å². The molecule has 1 rings (SSSR count). The van der Waals surface area contributed by atoms with Gasteiger partial charge in [0, 0.05) is 18.2 Å². The summed E-state index contributed by atoms with van der Waals surface area (Å²) in [7, 11) is 0. The van der Waals surface area contributed by atoms with Crippen LogP contribution in [0.1, 0.15) is 60.3 Å². The Morgan fingerprint density at radius 3 is 2.57 bits per heavy atom.